The number of amides is 3. The maximum absolute atomic E-state index is 12.0. The van der Waals surface area contributed by atoms with Crippen molar-refractivity contribution in [1.82, 2.24) is 14.9 Å². The summed E-state index contributed by atoms with van der Waals surface area (Å²) in [6, 6.07) is 4.90. The highest BCUT2D eigenvalue weighted by Gasteiger charge is 2.22. The number of hydrogen-bond acceptors (Lipinski definition) is 5. The van der Waals surface area contributed by atoms with Crippen molar-refractivity contribution in [3.8, 4) is 5.75 Å². The Labute approximate surface area is 149 Å². The van der Waals surface area contributed by atoms with Crippen LogP contribution in [0.4, 0.5) is 16.2 Å². The fraction of sp³-hybridized carbons (Fsp3) is 0.312. The summed E-state index contributed by atoms with van der Waals surface area (Å²) < 4.78 is 7.33. The number of rotatable bonds is 5. The molecule has 3 amide bonds. The Bertz CT molecular complexity index is 792. The number of carbonyl (C=O) groups excluding carboxylic acids is 2. The first-order chi connectivity index (χ1) is 12.0. The van der Waals surface area contributed by atoms with Gasteiger partial charge in [-0.25, -0.2) is 9.78 Å². The highest BCUT2D eigenvalue weighted by molar-refractivity contribution is 7.99. The first-order valence-corrected chi connectivity index (χ1v) is 8.71. The third kappa shape index (κ3) is 4.05. The lowest BCUT2D eigenvalue weighted by molar-refractivity contribution is -0.120. The lowest BCUT2D eigenvalue weighted by Crippen LogP contribution is -2.35. The van der Waals surface area contributed by atoms with E-state index in [4.69, 9.17) is 4.74 Å². The van der Waals surface area contributed by atoms with Gasteiger partial charge in [-0.1, -0.05) is 11.8 Å². The first kappa shape index (κ1) is 17.2. The van der Waals surface area contributed by atoms with E-state index in [0.29, 0.717) is 23.7 Å². The monoisotopic (exact) mass is 361 g/mol. The Morgan fingerprint density at radius 3 is 3.00 bits per heavy atom. The van der Waals surface area contributed by atoms with Crippen LogP contribution in [0.25, 0.3) is 0 Å². The van der Waals surface area contributed by atoms with E-state index in [9.17, 15) is 9.59 Å². The van der Waals surface area contributed by atoms with Gasteiger partial charge in [-0.15, -0.1) is 0 Å². The van der Waals surface area contributed by atoms with Crippen molar-refractivity contribution in [2.75, 3.05) is 36.2 Å². The van der Waals surface area contributed by atoms with Gasteiger partial charge < -0.3 is 24.8 Å². The third-order valence-corrected chi connectivity index (χ3v) is 4.76. The molecule has 3 rings (SSSR count). The summed E-state index contributed by atoms with van der Waals surface area (Å²) >= 11 is 1.57. The first-order valence-electron chi connectivity index (χ1n) is 7.73. The van der Waals surface area contributed by atoms with Crippen molar-refractivity contribution in [3.63, 3.8) is 0 Å². The van der Waals surface area contributed by atoms with Crippen LogP contribution in [0.1, 0.15) is 0 Å². The van der Waals surface area contributed by atoms with Gasteiger partial charge in [0.2, 0.25) is 0 Å². The second kappa shape index (κ2) is 7.47. The number of hydrogen-bond donors (Lipinski definition) is 2. The van der Waals surface area contributed by atoms with Crippen molar-refractivity contribution in [2.24, 2.45) is 7.05 Å². The van der Waals surface area contributed by atoms with Crippen LogP contribution in [0.3, 0.4) is 0 Å². The molecule has 1 aromatic heterocycles. The Morgan fingerprint density at radius 1 is 1.40 bits per heavy atom. The van der Waals surface area contributed by atoms with Crippen LogP contribution in [-0.2, 0) is 11.8 Å². The number of likely N-dealkylation sites (N-methyl/N-ethyl adjacent to an activating group) is 1. The molecule has 2 N–H and O–H groups in total. The van der Waals surface area contributed by atoms with Gasteiger partial charge in [-0.2, -0.15) is 0 Å². The number of imidazole rings is 1. The van der Waals surface area contributed by atoms with Crippen molar-refractivity contribution >= 4 is 35.1 Å². The number of thioether (sulfide) groups is 1. The summed E-state index contributed by atoms with van der Waals surface area (Å²) in [5.41, 5.74) is 1.30. The third-order valence-electron chi connectivity index (χ3n) is 3.70. The normalized spacial score (nSPS) is 13.2. The van der Waals surface area contributed by atoms with E-state index in [2.05, 4.69) is 15.6 Å². The largest absolute Gasteiger partial charge is 0.481 e. The number of fused-ring (bicyclic) bond motifs is 1. The van der Waals surface area contributed by atoms with Crippen molar-refractivity contribution in [3.05, 3.63) is 30.6 Å². The van der Waals surface area contributed by atoms with E-state index < -0.39 is 0 Å². The van der Waals surface area contributed by atoms with Crippen LogP contribution in [0.2, 0.25) is 0 Å². The second-order valence-electron chi connectivity index (χ2n) is 5.47. The summed E-state index contributed by atoms with van der Waals surface area (Å²) in [5, 5.41) is 6.47. The molecule has 2 aromatic rings. The molecule has 0 spiro atoms. The molecule has 25 heavy (non-hydrogen) atoms. The summed E-state index contributed by atoms with van der Waals surface area (Å²) in [4.78, 5) is 29.3. The zero-order valence-corrected chi connectivity index (χ0v) is 14.8. The van der Waals surface area contributed by atoms with Crippen molar-refractivity contribution < 1.29 is 14.3 Å². The average molecular weight is 361 g/mol. The minimum atomic E-state index is -0.291. The molecule has 0 bridgehead atoms. The fourth-order valence-corrected chi connectivity index (χ4v) is 3.12. The number of nitrogens with one attached hydrogen (secondary N) is 2. The van der Waals surface area contributed by atoms with Crippen molar-refractivity contribution in [2.45, 2.75) is 5.16 Å². The van der Waals surface area contributed by atoms with Gasteiger partial charge >= 0.3 is 6.03 Å². The predicted octanol–water partition coefficient (Wildman–Crippen LogP) is 1.69. The van der Waals surface area contributed by atoms with Gasteiger partial charge in [-0.3, -0.25) is 4.79 Å². The zero-order chi connectivity index (χ0) is 17.8. The molecular formula is C16H19N5O3S. The van der Waals surface area contributed by atoms with Crippen LogP contribution in [-0.4, -0.2) is 47.4 Å². The molecule has 8 nitrogen and oxygen atoms in total. The highest BCUT2D eigenvalue weighted by atomic mass is 32.2. The molecule has 1 aliphatic rings. The molecule has 0 radical (unpaired) electrons. The van der Waals surface area contributed by atoms with Crippen LogP contribution in [0.5, 0.6) is 5.75 Å². The second-order valence-corrected chi connectivity index (χ2v) is 6.54. The van der Waals surface area contributed by atoms with Gasteiger partial charge in [0.15, 0.2) is 11.8 Å². The van der Waals surface area contributed by atoms with E-state index >= 15 is 0 Å². The number of aryl methyl sites for hydroxylation is 1. The molecule has 0 saturated heterocycles. The number of urea groups is 1. The van der Waals surface area contributed by atoms with Gasteiger partial charge in [-0.05, 0) is 12.1 Å². The van der Waals surface area contributed by atoms with Crippen molar-refractivity contribution in [1.29, 1.82) is 0 Å². The quantitative estimate of drug-likeness (QED) is 0.625. The van der Waals surface area contributed by atoms with E-state index in [0.717, 1.165) is 10.9 Å². The number of benzene rings is 1. The smallest absolute Gasteiger partial charge is 0.319 e. The summed E-state index contributed by atoms with van der Waals surface area (Å²) in [7, 11) is 3.63. The van der Waals surface area contributed by atoms with E-state index in [1.807, 2.05) is 17.8 Å². The zero-order valence-electron chi connectivity index (χ0n) is 14.0. The number of carbonyl (C=O) groups is 2. The maximum Gasteiger partial charge on any atom is 0.319 e. The Balaban J connectivity index is 1.48. The lowest BCUT2D eigenvalue weighted by Gasteiger charge is -2.26. The molecule has 0 fully saturated rings. The minimum Gasteiger partial charge on any atom is -0.481 e. The molecule has 1 aromatic carbocycles. The van der Waals surface area contributed by atoms with Gasteiger partial charge in [0, 0.05) is 50.5 Å². The molecular weight excluding hydrogens is 342 g/mol. The summed E-state index contributed by atoms with van der Waals surface area (Å²) in [6.45, 7) is 0.519. The van der Waals surface area contributed by atoms with Crippen LogP contribution < -0.4 is 20.3 Å². The SMILES string of the molecule is CN1C(=O)COc2cc(NC(=O)NCCSc3nccn3C)ccc21. The van der Waals surface area contributed by atoms with E-state index in [1.54, 1.807) is 43.2 Å². The Morgan fingerprint density at radius 2 is 2.24 bits per heavy atom. The molecule has 0 aliphatic carbocycles. The summed E-state index contributed by atoms with van der Waals surface area (Å²) in [6.07, 6.45) is 3.62. The molecule has 0 unspecified atom stereocenters. The maximum atomic E-state index is 12.0. The average Bonchev–Trinajstić information content (AvgIpc) is 3.00. The number of ether oxygens (including phenoxy) is 1. The van der Waals surface area contributed by atoms with Crippen LogP contribution in [0.15, 0.2) is 35.7 Å². The Kier molecular flexibility index (Phi) is 5.13. The molecule has 0 atom stereocenters. The molecule has 0 saturated carbocycles. The fourth-order valence-electron chi connectivity index (χ4n) is 2.33. The topological polar surface area (TPSA) is 88.5 Å². The number of aromatic nitrogens is 2. The number of anilines is 2. The molecule has 1 aliphatic heterocycles. The Hall–Kier alpha value is -2.68. The molecule has 2 heterocycles. The highest BCUT2D eigenvalue weighted by Crippen LogP contribution is 2.33. The van der Waals surface area contributed by atoms with Crippen LogP contribution in [0, 0.1) is 0 Å². The molecule has 9 heteroatoms. The summed E-state index contributed by atoms with van der Waals surface area (Å²) in [5.74, 6) is 1.19. The molecule has 132 valence electrons. The van der Waals surface area contributed by atoms with E-state index in [-0.39, 0.29) is 18.5 Å². The number of nitrogens with zero attached hydrogens (tertiary/aromatic N) is 3. The van der Waals surface area contributed by atoms with Gasteiger partial charge in [0.25, 0.3) is 5.91 Å². The van der Waals surface area contributed by atoms with Crippen LogP contribution >= 0.6 is 11.8 Å². The van der Waals surface area contributed by atoms with Gasteiger partial charge in [0.05, 0.1) is 5.69 Å². The lowest BCUT2D eigenvalue weighted by atomic mass is 10.2. The predicted molar refractivity (Wildman–Crippen MR) is 96.3 cm³/mol. The van der Waals surface area contributed by atoms with Gasteiger partial charge in [0.1, 0.15) is 5.75 Å². The minimum absolute atomic E-state index is 0.00353. The van der Waals surface area contributed by atoms with E-state index in [1.165, 1.54) is 4.90 Å². The standard InChI is InChI=1S/C16H19N5O3S/c1-20-7-5-18-16(20)25-8-6-17-15(23)19-11-3-4-12-13(9-11)24-10-14(22)21(12)2/h3-5,7,9H,6,8,10H2,1-2H3,(H2,17,19,23).